The van der Waals surface area contributed by atoms with Gasteiger partial charge in [0.25, 0.3) is 5.56 Å². The summed E-state index contributed by atoms with van der Waals surface area (Å²) >= 11 is 0. The second-order valence-corrected chi connectivity index (χ2v) is 9.39. The summed E-state index contributed by atoms with van der Waals surface area (Å²) in [5.41, 5.74) is 3.94. The molecule has 0 unspecified atom stereocenters. The summed E-state index contributed by atoms with van der Waals surface area (Å²) in [6.07, 6.45) is 5.24. The van der Waals surface area contributed by atoms with E-state index in [0.29, 0.717) is 29.4 Å². The predicted octanol–water partition coefficient (Wildman–Crippen LogP) is 4.63. The Bertz CT molecular complexity index is 1490. The van der Waals surface area contributed by atoms with Crippen LogP contribution >= 0.6 is 0 Å². The lowest BCUT2D eigenvalue weighted by Gasteiger charge is -2.33. The molecule has 0 radical (unpaired) electrons. The number of piperidine rings is 1. The van der Waals surface area contributed by atoms with Crippen molar-refractivity contribution in [3.63, 3.8) is 0 Å². The number of fused-ring (bicyclic) bond motifs is 1. The minimum Gasteiger partial charge on any atom is -0.394 e. The number of hydrogen-bond acceptors (Lipinski definition) is 5. The molecular formula is C28H30N6O2. The highest BCUT2D eigenvalue weighted by Gasteiger charge is 2.25. The van der Waals surface area contributed by atoms with Crippen LogP contribution in [0.25, 0.3) is 38.1 Å². The fraction of sp³-hybridized carbons (Fsp3) is 0.357. The van der Waals surface area contributed by atoms with E-state index in [0.717, 1.165) is 53.9 Å². The van der Waals surface area contributed by atoms with E-state index < -0.39 is 0 Å². The number of nitrogens with zero attached hydrogens (tertiary/aromatic N) is 6. The van der Waals surface area contributed by atoms with Crippen molar-refractivity contribution in [1.29, 1.82) is 0 Å². The summed E-state index contributed by atoms with van der Waals surface area (Å²) in [4.78, 5) is 24.7. The van der Waals surface area contributed by atoms with Gasteiger partial charge in [0.05, 0.1) is 36.5 Å². The van der Waals surface area contributed by atoms with Gasteiger partial charge in [-0.05, 0) is 42.0 Å². The quantitative estimate of drug-likeness (QED) is 0.405. The van der Waals surface area contributed by atoms with Crippen LogP contribution in [0.4, 0.5) is 11.6 Å². The van der Waals surface area contributed by atoms with Crippen molar-refractivity contribution in [2.45, 2.75) is 32.7 Å². The second kappa shape index (κ2) is 9.96. The lowest BCUT2D eigenvalue weighted by Crippen LogP contribution is -2.38. The molecule has 1 N–H and O–H groups in total. The maximum Gasteiger partial charge on any atom is 0.263 e. The maximum atomic E-state index is 13.9. The van der Waals surface area contributed by atoms with Gasteiger partial charge in [-0.3, -0.25) is 14.0 Å². The molecule has 0 amide bonds. The van der Waals surface area contributed by atoms with Gasteiger partial charge in [0.15, 0.2) is 5.69 Å². The van der Waals surface area contributed by atoms with Crippen molar-refractivity contribution in [2.75, 3.05) is 24.6 Å². The lowest BCUT2D eigenvalue weighted by atomic mass is 9.94. The molecule has 184 valence electrons. The summed E-state index contributed by atoms with van der Waals surface area (Å²) < 4.78 is 3.37. The zero-order chi connectivity index (χ0) is 25.2. The molecule has 8 heteroatoms. The van der Waals surface area contributed by atoms with Crippen LogP contribution in [0.2, 0.25) is 0 Å². The monoisotopic (exact) mass is 482 g/mol. The maximum absolute atomic E-state index is 13.9. The first-order valence-corrected chi connectivity index (χ1v) is 12.4. The number of anilines is 1. The van der Waals surface area contributed by atoms with Gasteiger partial charge >= 0.3 is 0 Å². The minimum atomic E-state index is -0.107. The molecular weight excluding hydrogens is 452 g/mol. The third-order valence-electron chi connectivity index (χ3n) is 7.18. The first-order chi connectivity index (χ1) is 17.5. The topological polar surface area (TPSA) is 80.5 Å². The van der Waals surface area contributed by atoms with Gasteiger partial charge in [-0.1, -0.05) is 43.7 Å². The van der Waals surface area contributed by atoms with Crippen molar-refractivity contribution in [2.24, 2.45) is 13.0 Å². The first-order valence-electron chi connectivity index (χ1n) is 12.4. The van der Waals surface area contributed by atoms with E-state index in [1.807, 2.05) is 36.5 Å². The number of aliphatic hydroxyl groups is 1. The summed E-state index contributed by atoms with van der Waals surface area (Å²) in [6, 6.07) is 13.0. The van der Waals surface area contributed by atoms with E-state index in [2.05, 4.69) is 21.8 Å². The van der Waals surface area contributed by atoms with Crippen LogP contribution < -0.4 is 10.5 Å². The zero-order valence-corrected chi connectivity index (χ0v) is 20.7. The molecule has 2 aromatic heterocycles. The summed E-state index contributed by atoms with van der Waals surface area (Å²) in [5, 5.41) is 14.7. The van der Waals surface area contributed by atoms with Crippen molar-refractivity contribution in [1.82, 2.24) is 19.3 Å². The molecule has 4 aromatic rings. The second-order valence-electron chi connectivity index (χ2n) is 9.39. The third-order valence-corrected chi connectivity index (χ3v) is 7.18. The van der Waals surface area contributed by atoms with Gasteiger partial charge in [-0.25, -0.2) is 9.83 Å². The van der Waals surface area contributed by atoms with Gasteiger partial charge in [-0.2, -0.15) is 5.10 Å². The van der Waals surface area contributed by atoms with E-state index in [9.17, 15) is 9.90 Å². The van der Waals surface area contributed by atoms with Gasteiger partial charge in [0.2, 0.25) is 5.95 Å². The van der Waals surface area contributed by atoms with E-state index in [4.69, 9.17) is 11.6 Å². The number of aromatic nitrogens is 4. The summed E-state index contributed by atoms with van der Waals surface area (Å²) in [5.74, 6) is 1.40. The van der Waals surface area contributed by atoms with E-state index >= 15 is 0 Å². The Hall–Kier alpha value is -3.96. The molecule has 1 aliphatic heterocycles. The highest BCUT2D eigenvalue weighted by molar-refractivity contribution is 5.88. The van der Waals surface area contributed by atoms with Crippen molar-refractivity contribution in [3.8, 4) is 22.4 Å². The van der Waals surface area contributed by atoms with Gasteiger partial charge in [0.1, 0.15) is 0 Å². The molecule has 0 saturated carbocycles. The Morgan fingerprint density at radius 1 is 1.11 bits per heavy atom. The smallest absolute Gasteiger partial charge is 0.263 e. The Labute approximate surface area is 210 Å². The third kappa shape index (κ3) is 4.38. The van der Waals surface area contributed by atoms with Crippen molar-refractivity contribution >= 4 is 22.5 Å². The SMILES string of the molecule is [C-]#[N+]c1ccc(-c2nc(N3CCC(CC)CC3)n(C)c(=O)c2-c2ccc3nn(CCO)cc3c2)cc1. The molecule has 0 atom stereocenters. The Morgan fingerprint density at radius 2 is 1.83 bits per heavy atom. The van der Waals surface area contributed by atoms with Crippen LogP contribution in [0.3, 0.4) is 0 Å². The van der Waals surface area contributed by atoms with Crippen molar-refractivity contribution < 1.29 is 5.11 Å². The molecule has 1 fully saturated rings. The zero-order valence-electron chi connectivity index (χ0n) is 20.7. The van der Waals surface area contributed by atoms with E-state index in [1.165, 1.54) is 6.42 Å². The molecule has 8 nitrogen and oxygen atoms in total. The van der Waals surface area contributed by atoms with E-state index in [1.54, 1.807) is 28.4 Å². The molecule has 0 bridgehead atoms. The number of rotatable bonds is 6. The Morgan fingerprint density at radius 3 is 2.50 bits per heavy atom. The molecule has 3 heterocycles. The Balaban J connectivity index is 1.67. The van der Waals surface area contributed by atoms with Crippen molar-refractivity contribution in [3.05, 3.63) is 70.4 Å². The average Bonchev–Trinajstić information content (AvgIpc) is 3.32. The Kier molecular flexibility index (Phi) is 6.57. The standard InChI is InChI=1S/C28H30N6O2/c1-4-19-11-13-33(14-12-19)28-30-26(20-5-8-23(29-2)9-6-20)25(27(36)32(28)3)21-7-10-24-22(17-21)18-34(31-24)15-16-35/h5-10,17-19,35H,4,11-16H2,1,3H3. The molecule has 0 aliphatic carbocycles. The molecule has 5 rings (SSSR count). The number of benzene rings is 2. The number of aliphatic hydroxyl groups excluding tert-OH is 1. The van der Waals surface area contributed by atoms with E-state index in [-0.39, 0.29) is 12.2 Å². The van der Waals surface area contributed by atoms with Gasteiger partial charge in [0, 0.05) is 31.7 Å². The molecule has 1 saturated heterocycles. The largest absolute Gasteiger partial charge is 0.394 e. The highest BCUT2D eigenvalue weighted by Crippen LogP contribution is 2.33. The predicted molar refractivity (Wildman–Crippen MR) is 142 cm³/mol. The van der Waals surface area contributed by atoms with Gasteiger partial charge < -0.3 is 10.0 Å². The van der Waals surface area contributed by atoms with Crippen LogP contribution in [0.5, 0.6) is 0 Å². The summed E-state index contributed by atoms with van der Waals surface area (Å²) in [6.45, 7) is 11.7. The fourth-order valence-corrected chi connectivity index (χ4v) is 5.03. The van der Waals surface area contributed by atoms with Crippen LogP contribution in [0.15, 0.2) is 53.5 Å². The van der Waals surface area contributed by atoms with Crippen LogP contribution in [-0.2, 0) is 13.6 Å². The molecule has 2 aromatic carbocycles. The van der Waals surface area contributed by atoms with Crippen LogP contribution in [-0.4, -0.2) is 44.1 Å². The fourth-order valence-electron chi connectivity index (χ4n) is 5.03. The number of hydrogen-bond donors (Lipinski definition) is 1. The van der Waals surface area contributed by atoms with Crippen LogP contribution in [0.1, 0.15) is 26.2 Å². The summed E-state index contributed by atoms with van der Waals surface area (Å²) in [7, 11) is 1.80. The molecule has 36 heavy (non-hydrogen) atoms. The molecule has 1 aliphatic rings. The minimum absolute atomic E-state index is 0.00697. The first kappa shape index (κ1) is 23.8. The molecule has 0 spiro atoms. The normalized spacial score (nSPS) is 14.3. The average molecular weight is 483 g/mol. The van der Waals surface area contributed by atoms with Gasteiger partial charge in [-0.15, -0.1) is 0 Å². The van der Waals surface area contributed by atoms with Crippen LogP contribution in [0, 0.1) is 12.5 Å². The highest BCUT2D eigenvalue weighted by atomic mass is 16.3. The lowest BCUT2D eigenvalue weighted by molar-refractivity contribution is 0.270.